The van der Waals surface area contributed by atoms with Crippen LogP contribution in [0.1, 0.15) is 13.3 Å². The average molecular weight is 321 g/mol. The number of hydrogen-bond donors (Lipinski definition) is 2. The third kappa shape index (κ3) is 2.89. The summed E-state index contributed by atoms with van der Waals surface area (Å²) >= 11 is 0. The van der Waals surface area contributed by atoms with Gasteiger partial charge in [-0.2, -0.15) is 4.98 Å². The van der Waals surface area contributed by atoms with Crippen molar-refractivity contribution in [3.05, 3.63) is 20.8 Å². The maximum atomic E-state index is 12.2. The molecule has 0 unspecified atom stereocenters. The number of nitrogens with zero attached hydrogens (tertiary/aromatic N) is 5. The van der Waals surface area contributed by atoms with Crippen LogP contribution in [0.4, 0.5) is 5.95 Å². The minimum Gasteiger partial charge on any atom is -0.304 e. The molecule has 1 aliphatic rings. The standard InChI is InChI=1S/C14H23N7O2/c1-4-5-21-10-11(19(3)14(23)16-12(10)22)15-13(21)17-20-8-6-18(2)7-9-20/h4-9H2,1-3H3,(H,15,17)(H,16,22,23). The number of aromatic amines is 1. The summed E-state index contributed by atoms with van der Waals surface area (Å²) in [5, 5.41) is 2.10. The lowest BCUT2D eigenvalue weighted by Crippen LogP contribution is -2.47. The first-order valence-electron chi connectivity index (χ1n) is 7.91. The molecule has 9 heteroatoms. The zero-order chi connectivity index (χ0) is 16.6. The number of H-pyrrole nitrogens is 1. The van der Waals surface area contributed by atoms with Gasteiger partial charge in [-0.3, -0.25) is 19.8 Å². The van der Waals surface area contributed by atoms with Crippen molar-refractivity contribution in [2.75, 3.05) is 38.7 Å². The van der Waals surface area contributed by atoms with E-state index in [1.165, 1.54) is 4.57 Å². The maximum absolute atomic E-state index is 12.2. The lowest BCUT2D eigenvalue weighted by atomic mass is 10.4. The number of fused-ring (bicyclic) bond motifs is 1. The smallest absolute Gasteiger partial charge is 0.304 e. The second-order valence-corrected chi connectivity index (χ2v) is 5.98. The van der Waals surface area contributed by atoms with Crippen molar-refractivity contribution >= 4 is 17.1 Å². The number of imidazole rings is 1. The Balaban J connectivity index is 2.04. The second kappa shape index (κ2) is 6.17. The normalized spacial score (nSPS) is 17.0. The van der Waals surface area contributed by atoms with E-state index < -0.39 is 11.2 Å². The summed E-state index contributed by atoms with van der Waals surface area (Å²) in [5.74, 6) is 0.609. The van der Waals surface area contributed by atoms with Gasteiger partial charge in [-0.05, 0) is 13.5 Å². The molecule has 0 aliphatic carbocycles. The molecule has 2 aromatic heterocycles. The van der Waals surface area contributed by atoms with Gasteiger partial charge in [0.1, 0.15) is 0 Å². The van der Waals surface area contributed by atoms with Gasteiger partial charge in [0.15, 0.2) is 11.2 Å². The van der Waals surface area contributed by atoms with Gasteiger partial charge >= 0.3 is 5.69 Å². The fraction of sp³-hybridized carbons (Fsp3) is 0.643. The van der Waals surface area contributed by atoms with E-state index >= 15 is 0 Å². The van der Waals surface area contributed by atoms with Crippen LogP contribution in [0.25, 0.3) is 11.2 Å². The molecule has 0 atom stereocenters. The Bertz CT molecular complexity index is 811. The van der Waals surface area contributed by atoms with Crippen molar-refractivity contribution in [2.45, 2.75) is 19.9 Å². The van der Waals surface area contributed by atoms with E-state index in [1.807, 2.05) is 11.5 Å². The molecule has 0 saturated carbocycles. The van der Waals surface area contributed by atoms with Gasteiger partial charge in [0.2, 0.25) is 5.95 Å². The van der Waals surface area contributed by atoms with Crippen molar-refractivity contribution in [3.63, 3.8) is 0 Å². The Hall–Kier alpha value is -2.13. The number of rotatable bonds is 4. The molecule has 9 nitrogen and oxygen atoms in total. The average Bonchev–Trinajstić information content (AvgIpc) is 2.87. The van der Waals surface area contributed by atoms with E-state index in [-0.39, 0.29) is 0 Å². The Kier molecular flexibility index (Phi) is 4.22. The predicted octanol–water partition coefficient (Wildman–Crippen LogP) is -0.592. The molecule has 3 rings (SSSR count). The van der Waals surface area contributed by atoms with E-state index in [0.29, 0.717) is 23.7 Å². The molecular weight excluding hydrogens is 298 g/mol. The summed E-state index contributed by atoms with van der Waals surface area (Å²) < 4.78 is 3.23. The fourth-order valence-electron chi connectivity index (χ4n) is 2.82. The zero-order valence-corrected chi connectivity index (χ0v) is 13.8. The molecule has 0 bridgehead atoms. The van der Waals surface area contributed by atoms with Gasteiger partial charge in [-0.15, -0.1) is 0 Å². The van der Waals surface area contributed by atoms with Crippen LogP contribution >= 0.6 is 0 Å². The van der Waals surface area contributed by atoms with Crippen LogP contribution in [0.15, 0.2) is 9.59 Å². The Labute approximate surface area is 133 Å². The van der Waals surface area contributed by atoms with Gasteiger partial charge in [-0.25, -0.2) is 9.80 Å². The zero-order valence-electron chi connectivity index (χ0n) is 13.8. The molecule has 3 heterocycles. The summed E-state index contributed by atoms with van der Waals surface area (Å²) in [6.07, 6.45) is 0.866. The lowest BCUT2D eigenvalue weighted by Gasteiger charge is -2.32. The van der Waals surface area contributed by atoms with Crippen LogP contribution in [-0.2, 0) is 13.6 Å². The molecule has 2 aromatic rings. The van der Waals surface area contributed by atoms with Gasteiger partial charge in [0.25, 0.3) is 5.56 Å². The predicted molar refractivity (Wildman–Crippen MR) is 88.6 cm³/mol. The Morgan fingerprint density at radius 2 is 1.87 bits per heavy atom. The first-order valence-corrected chi connectivity index (χ1v) is 7.91. The lowest BCUT2D eigenvalue weighted by molar-refractivity contribution is 0.177. The first-order chi connectivity index (χ1) is 11.0. The summed E-state index contributed by atoms with van der Waals surface area (Å²) in [4.78, 5) is 33.1. The van der Waals surface area contributed by atoms with Crippen molar-refractivity contribution in [1.29, 1.82) is 0 Å². The Morgan fingerprint density at radius 1 is 1.17 bits per heavy atom. The number of nitrogens with one attached hydrogen (secondary N) is 2. The van der Waals surface area contributed by atoms with E-state index in [4.69, 9.17) is 0 Å². The summed E-state index contributed by atoms with van der Waals surface area (Å²) in [6, 6.07) is 0. The van der Waals surface area contributed by atoms with Crippen molar-refractivity contribution in [2.24, 2.45) is 7.05 Å². The molecule has 0 spiro atoms. The number of hydrazine groups is 1. The number of aromatic nitrogens is 4. The highest BCUT2D eigenvalue weighted by atomic mass is 16.2. The monoisotopic (exact) mass is 321 g/mol. The molecule has 23 heavy (non-hydrogen) atoms. The summed E-state index contributed by atoms with van der Waals surface area (Å²) in [5.41, 5.74) is 3.31. The largest absolute Gasteiger partial charge is 0.329 e. The van der Waals surface area contributed by atoms with E-state index in [1.54, 1.807) is 7.05 Å². The number of piperazine rings is 1. The molecular formula is C14H23N7O2. The number of anilines is 1. The topological polar surface area (TPSA) is 91.2 Å². The molecule has 0 amide bonds. The molecule has 1 saturated heterocycles. The molecule has 1 aliphatic heterocycles. The van der Waals surface area contributed by atoms with Crippen molar-refractivity contribution < 1.29 is 0 Å². The summed E-state index contributed by atoms with van der Waals surface area (Å²) in [7, 11) is 3.71. The van der Waals surface area contributed by atoms with E-state index in [2.05, 4.69) is 32.4 Å². The quantitative estimate of drug-likeness (QED) is 0.782. The molecule has 126 valence electrons. The minimum atomic E-state index is -0.449. The number of aryl methyl sites for hydroxylation is 2. The molecule has 0 aromatic carbocycles. The van der Waals surface area contributed by atoms with Gasteiger partial charge in [0.05, 0.1) is 0 Å². The molecule has 1 fully saturated rings. The van der Waals surface area contributed by atoms with Crippen LogP contribution in [0.5, 0.6) is 0 Å². The van der Waals surface area contributed by atoms with Crippen LogP contribution < -0.4 is 16.7 Å². The van der Waals surface area contributed by atoms with E-state index in [9.17, 15) is 9.59 Å². The first kappa shape index (κ1) is 15.8. The van der Waals surface area contributed by atoms with Crippen LogP contribution in [0.2, 0.25) is 0 Å². The highest BCUT2D eigenvalue weighted by molar-refractivity contribution is 5.74. The van der Waals surface area contributed by atoms with Crippen molar-refractivity contribution in [1.82, 2.24) is 29.0 Å². The van der Waals surface area contributed by atoms with Gasteiger partial charge < -0.3 is 9.47 Å². The molecule has 2 N–H and O–H groups in total. The van der Waals surface area contributed by atoms with Gasteiger partial charge in [-0.1, -0.05) is 6.92 Å². The second-order valence-electron chi connectivity index (χ2n) is 5.98. The Morgan fingerprint density at radius 3 is 2.52 bits per heavy atom. The highest BCUT2D eigenvalue weighted by Gasteiger charge is 2.20. The van der Waals surface area contributed by atoms with Crippen molar-refractivity contribution in [3.8, 4) is 0 Å². The van der Waals surface area contributed by atoms with Crippen LogP contribution in [0.3, 0.4) is 0 Å². The van der Waals surface area contributed by atoms with Crippen LogP contribution in [0, 0.1) is 0 Å². The van der Waals surface area contributed by atoms with Crippen LogP contribution in [-0.4, -0.2) is 62.2 Å². The maximum Gasteiger partial charge on any atom is 0.329 e. The fourth-order valence-corrected chi connectivity index (χ4v) is 2.82. The number of hydrogen-bond acceptors (Lipinski definition) is 6. The highest BCUT2D eigenvalue weighted by Crippen LogP contribution is 2.17. The third-order valence-electron chi connectivity index (χ3n) is 4.22. The molecule has 0 radical (unpaired) electrons. The van der Waals surface area contributed by atoms with Gasteiger partial charge in [0, 0.05) is 39.8 Å². The SMILES string of the molecule is CCCn1c(NN2CCN(C)CC2)nc2c1c(=O)[nH]c(=O)n2C. The summed E-state index contributed by atoms with van der Waals surface area (Å²) in [6.45, 7) is 6.40. The van der Waals surface area contributed by atoms with E-state index in [0.717, 1.165) is 32.6 Å². The third-order valence-corrected chi connectivity index (χ3v) is 4.22. The minimum absolute atomic E-state index is 0.393. The number of likely N-dealkylation sites (N-methyl/N-ethyl adjacent to an activating group) is 1.